The second-order valence-corrected chi connectivity index (χ2v) is 5.81. The molecule has 2 aromatic carbocycles. The predicted octanol–water partition coefficient (Wildman–Crippen LogP) is 4.69. The monoisotopic (exact) mass is 354 g/mol. The molecule has 0 saturated carbocycles. The number of imidazole rings is 1. The van der Waals surface area contributed by atoms with Crippen LogP contribution in [0.3, 0.4) is 0 Å². The Labute approximate surface area is 146 Å². The van der Waals surface area contributed by atoms with Crippen molar-refractivity contribution in [1.29, 1.82) is 0 Å². The lowest BCUT2D eigenvalue weighted by Crippen LogP contribution is -2.04. The van der Waals surface area contributed by atoms with Crippen molar-refractivity contribution in [2.24, 2.45) is 0 Å². The number of halogens is 3. The third-order valence-corrected chi connectivity index (χ3v) is 4.11. The lowest BCUT2D eigenvalue weighted by Gasteiger charge is -2.09. The molecule has 0 aliphatic carbocycles. The summed E-state index contributed by atoms with van der Waals surface area (Å²) >= 11 is 0. The summed E-state index contributed by atoms with van der Waals surface area (Å²) in [6.45, 7) is 0. The number of hydrogen-bond donors (Lipinski definition) is 1. The van der Waals surface area contributed by atoms with Crippen molar-refractivity contribution in [2.45, 2.75) is 6.18 Å². The van der Waals surface area contributed by atoms with Gasteiger partial charge in [-0.2, -0.15) is 13.2 Å². The third-order valence-electron chi connectivity index (χ3n) is 4.11. The van der Waals surface area contributed by atoms with Gasteiger partial charge in [0, 0.05) is 17.4 Å². The number of aromatic nitrogens is 3. The minimum absolute atomic E-state index is 0.280. The maximum atomic E-state index is 12.9. The van der Waals surface area contributed by atoms with Crippen molar-refractivity contribution in [3.8, 4) is 16.9 Å². The number of pyridine rings is 1. The van der Waals surface area contributed by atoms with Crippen molar-refractivity contribution in [2.75, 3.05) is 5.73 Å². The minimum Gasteiger partial charge on any atom is -0.397 e. The number of nitrogen functional groups attached to an aromatic ring is 1. The summed E-state index contributed by atoms with van der Waals surface area (Å²) in [6.07, 6.45) is -1.23. The molecule has 2 N–H and O–H groups in total. The number of benzene rings is 2. The van der Waals surface area contributed by atoms with Crippen LogP contribution < -0.4 is 5.73 Å². The maximum Gasteiger partial charge on any atom is 0.416 e. The van der Waals surface area contributed by atoms with E-state index in [1.54, 1.807) is 22.9 Å². The fourth-order valence-electron chi connectivity index (χ4n) is 2.86. The van der Waals surface area contributed by atoms with Crippen LogP contribution in [0.1, 0.15) is 5.56 Å². The van der Waals surface area contributed by atoms with Gasteiger partial charge in [-0.1, -0.05) is 12.1 Å². The van der Waals surface area contributed by atoms with E-state index >= 15 is 0 Å². The van der Waals surface area contributed by atoms with Crippen molar-refractivity contribution < 1.29 is 13.2 Å². The summed E-state index contributed by atoms with van der Waals surface area (Å²) in [5, 5.41) is 0. The summed E-state index contributed by atoms with van der Waals surface area (Å²) in [4.78, 5) is 8.41. The first-order chi connectivity index (χ1) is 12.4. The van der Waals surface area contributed by atoms with E-state index in [2.05, 4.69) is 9.97 Å². The van der Waals surface area contributed by atoms with Gasteiger partial charge in [-0.3, -0.25) is 9.55 Å². The van der Waals surface area contributed by atoms with Gasteiger partial charge in [0.1, 0.15) is 6.33 Å². The zero-order valence-corrected chi connectivity index (χ0v) is 13.4. The van der Waals surface area contributed by atoms with Crippen LogP contribution in [-0.4, -0.2) is 14.5 Å². The Balaban J connectivity index is 1.81. The molecule has 7 heteroatoms. The Morgan fingerprint density at radius 2 is 1.77 bits per heavy atom. The third kappa shape index (κ3) is 2.77. The summed E-state index contributed by atoms with van der Waals surface area (Å²) in [5.41, 5.74) is 8.91. The largest absolute Gasteiger partial charge is 0.416 e. The average Bonchev–Trinajstić information content (AvgIpc) is 3.05. The van der Waals surface area contributed by atoms with Gasteiger partial charge < -0.3 is 5.73 Å². The van der Waals surface area contributed by atoms with Crippen LogP contribution in [-0.2, 0) is 6.18 Å². The molecule has 0 aliphatic heterocycles. The van der Waals surface area contributed by atoms with Gasteiger partial charge in [0.05, 0.1) is 28.0 Å². The summed E-state index contributed by atoms with van der Waals surface area (Å²) in [6, 6.07) is 14.5. The Bertz CT molecular complexity index is 1100. The molecule has 0 fully saturated rings. The van der Waals surface area contributed by atoms with Crippen molar-refractivity contribution in [3.63, 3.8) is 0 Å². The van der Waals surface area contributed by atoms with Crippen molar-refractivity contribution in [1.82, 2.24) is 14.5 Å². The maximum absolute atomic E-state index is 12.9. The molecule has 0 radical (unpaired) electrons. The molecule has 2 heterocycles. The summed E-state index contributed by atoms with van der Waals surface area (Å²) < 4.78 is 40.3. The number of anilines is 1. The fraction of sp³-hybridized carbons (Fsp3) is 0.0526. The SMILES string of the molecule is Nc1cccnc1-c1cccc(-n2cnc3cc(C(F)(F)F)ccc32)c1. The smallest absolute Gasteiger partial charge is 0.397 e. The van der Waals surface area contributed by atoms with E-state index in [0.29, 0.717) is 16.9 Å². The highest BCUT2D eigenvalue weighted by atomic mass is 19.4. The second kappa shape index (κ2) is 5.87. The number of nitrogens with zero attached hydrogens (tertiary/aromatic N) is 3. The lowest BCUT2D eigenvalue weighted by molar-refractivity contribution is -0.137. The first-order valence-corrected chi connectivity index (χ1v) is 7.79. The lowest BCUT2D eigenvalue weighted by atomic mass is 10.1. The topological polar surface area (TPSA) is 56.7 Å². The van der Waals surface area contributed by atoms with Gasteiger partial charge in [-0.05, 0) is 42.5 Å². The molecular formula is C19H13F3N4. The molecular weight excluding hydrogens is 341 g/mol. The molecule has 0 bridgehead atoms. The van der Waals surface area contributed by atoms with Gasteiger partial charge in [0.15, 0.2) is 0 Å². The number of alkyl halides is 3. The molecule has 0 aliphatic rings. The van der Waals surface area contributed by atoms with Crippen LogP contribution in [0.15, 0.2) is 67.1 Å². The van der Waals surface area contributed by atoms with Crippen molar-refractivity contribution in [3.05, 3.63) is 72.7 Å². The Kier molecular flexibility index (Phi) is 3.64. The molecule has 130 valence electrons. The minimum atomic E-state index is -4.39. The van der Waals surface area contributed by atoms with E-state index in [-0.39, 0.29) is 5.52 Å². The van der Waals surface area contributed by atoms with Crippen LogP contribution in [0.25, 0.3) is 28.0 Å². The van der Waals surface area contributed by atoms with E-state index in [0.717, 1.165) is 23.4 Å². The molecule has 4 rings (SSSR count). The molecule has 0 atom stereocenters. The van der Waals surface area contributed by atoms with Crippen LogP contribution in [0.2, 0.25) is 0 Å². The van der Waals surface area contributed by atoms with Gasteiger partial charge in [-0.25, -0.2) is 4.98 Å². The highest BCUT2D eigenvalue weighted by molar-refractivity contribution is 5.79. The first kappa shape index (κ1) is 16.1. The van der Waals surface area contributed by atoms with Crippen LogP contribution in [0.4, 0.5) is 18.9 Å². The molecule has 0 amide bonds. The summed E-state index contributed by atoms with van der Waals surface area (Å²) in [7, 11) is 0. The quantitative estimate of drug-likeness (QED) is 0.568. The standard InChI is InChI=1S/C19H13F3N4/c20-19(21,22)13-6-7-17-16(10-13)25-11-26(17)14-4-1-3-12(9-14)18-15(23)5-2-8-24-18/h1-11H,23H2. The normalized spacial score (nSPS) is 11.8. The molecule has 4 aromatic rings. The van der Waals surface area contributed by atoms with E-state index in [1.807, 2.05) is 24.3 Å². The number of hydrogen-bond acceptors (Lipinski definition) is 3. The Morgan fingerprint density at radius 1 is 0.923 bits per heavy atom. The molecule has 2 aromatic heterocycles. The molecule has 26 heavy (non-hydrogen) atoms. The van der Waals surface area contributed by atoms with E-state index in [9.17, 15) is 13.2 Å². The first-order valence-electron chi connectivity index (χ1n) is 7.79. The van der Waals surface area contributed by atoms with Crippen LogP contribution in [0, 0.1) is 0 Å². The average molecular weight is 354 g/mol. The number of fused-ring (bicyclic) bond motifs is 1. The number of nitrogens with two attached hydrogens (primary N) is 1. The highest BCUT2D eigenvalue weighted by Crippen LogP contribution is 2.32. The second-order valence-electron chi connectivity index (χ2n) is 5.81. The van der Waals surface area contributed by atoms with Gasteiger partial charge >= 0.3 is 6.18 Å². The highest BCUT2D eigenvalue weighted by Gasteiger charge is 2.30. The van der Waals surface area contributed by atoms with Crippen LogP contribution in [0.5, 0.6) is 0 Å². The van der Waals surface area contributed by atoms with Crippen molar-refractivity contribution >= 4 is 16.7 Å². The zero-order chi connectivity index (χ0) is 18.3. The van der Waals surface area contributed by atoms with Gasteiger partial charge in [0.2, 0.25) is 0 Å². The van der Waals surface area contributed by atoms with E-state index in [4.69, 9.17) is 5.73 Å². The molecule has 0 saturated heterocycles. The van der Waals surface area contributed by atoms with E-state index in [1.165, 1.54) is 12.4 Å². The number of rotatable bonds is 2. The van der Waals surface area contributed by atoms with E-state index < -0.39 is 11.7 Å². The van der Waals surface area contributed by atoms with Gasteiger partial charge in [-0.15, -0.1) is 0 Å². The predicted molar refractivity (Wildman–Crippen MR) is 93.7 cm³/mol. The zero-order valence-electron chi connectivity index (χ0n) is 13.4. The van der Waals surface area contributed by atoms with Crippen LogP contribution >= 0.6 is 0 Å². The molecule has 4 nitrogen and oxygen atoms in total. The summed E-state index contributed by atoms with van der Waals surface area (Å²) in [5.74, 6) is 0. The van der Waals surface area contributed by atoms with Gasteiger partial charge in [0.25, 0.3) is 0 Å². The Morgan fingerprint density at radius 3 is 2.54 bits per heavy atom. The fourth-order valence-corrected chi connectivity index (χ4v) is 2.86. The molecule has 0 unspecified atom stereocenters. The Hall–Kier alpha value is -3.35. The molecule has 0 spiro atoms.